The smallest absolute Gasteiger partial charge is 0.339 e. The van der Waals surface area contributed by atoms with E-state index in [0.29, 0.717) is 27.0 Å². The third kappa shape index (κ3) is 3.85. The van der Waals surface area contributed by atoms with Gasteiger partial charge >= 0.3 is 5.97 Å². The SMILES string of the molecule is O=C(COC(=O)c1cc(-c2cccs2)nc2ccccc12)c1ccc(Br)s1. The van der Waals surface area contributed by atoms with Gasteiger partial charge in [-0.2, -0.15) is 0 Å². The van der Waals surface area contributed by atoms with Gasteiger partial charge in [-0.05, 0) is 51.6 Å². The Morgan fingerprint density at radius 3 is 2.67 bits per heavy atom. The summed E-state index contributed by atoms with van der Waals surface area (Å²) in [5, 5.41) is 2.66. The van der Waals surface area contributed by atoms with Crippen molar-refractivity contribution in [3.05, 3.63) is 74.2 Å². The van der Waals surface area contributed by atoms with Crippen molar-refractivity contribution in [2.75, 3.05) is 6.61 Å². The van der Waals surface area contributed by atoms with Gasteiger partial charge in [-0.3, -0.25) is 4.79 Å². The molecule has 0 atom stereocenters. The van der Waals surface area contributed by atoms with Crippen LogP contribution in [0.1, 0.15) is 20.0 Å². The third-order valence-electron chi connectivity index (χ3n) is 3.89. The van der Waals surface area contributed by atoms with Gasteiger partial charge in [-0.15, -0.1) is 22.7 Å². The number of Topliss-reactive ketones (excluding diaryl/α,β-unsaturated/α-hetero) is 1. The van der Waals surface area contributed by atoms with Crippen LogP contribution in [0.15, 0.2) is 63.8 Å². The summed E-state index contributed by atoms with van der Waals surface area (Å²) in [6.07, 6.45) is 0. The number of fused-ring (bicyclic) bond motifs is 1. The number of carbonyl (C=O) groups is 2. The average Bonchev–Trinajstić information content (AvgIpc) is 3.37. The van der Waals surface area contributed by atoms with Crippen LogP contribution in [0.4, 0.5) is 0 Å². The summed E-state index contributed by atoms with van der Waals surface area (Å²) < 4.78 is 6.17. The Bertz CT molecular complexity index is 1140. The summed E-state index contributed by atoms with van der Waals surface area (Å²) in [7, 11) is 0. The molecule has 0 amide bonds. The summed E-state index contributed by atoms with van der Waals surface area (Å²) in [6, 6.07) is 16.5. The van der Waals surface area contributed by atoms with Gasteiger partial charge in [0.2, 0.25) is 5.78 Å². The lowest BCUT2D eigenvalue weighted by atomic mass is 10.1. The number of carbonyl (C=O) groups excluding carboxylic acids is 2. The number of thiophene rings is 2. The van der Waals surface area contributed by atoms with Crippen molar-refractivity contribution in [1.82, 2.24) is 4.98 Å². The number of pyridine rings is 1. The predicted octanol–water partition coefficient (Wildman–Crippen LogP) is 5.83. The number of benzene rings is 1. The fourth-order valence-electron chi connectivity index (χ4n) is 2.64. The molecule has 0 aliphatic rings. The first-order valence-electron chi connectivity index (χ1n) is 8.01. The highest BCUT2D eigenvalue weighted by atomic mass is 79.9. The molecule has 4 nitrogen and oxygen atoms in total. The molecule has 4 aromatic rings. The highest BCUT2D eigenvalue weighted by Gasteiger charge is 2.18. The molecule has 0 aliphatic heterocycles. The number of para-hydroxylation sites is 1. The molecule has 0 saturated heterocycles. The molecule has 1 aromatic carbocycles. The summed E-state index contributed by atoms with van der Waals surface area (Å²) in [4.78, 5) is 31.1. The molecule has 0 spiro atoms. The first-order chi connectivity index (χ1) is 13.1. The number of ether oxygens (including phenoxy) is 1. The molecule has 0 bridgehead atoms. The highest BCUT2D eigenvalue weighted by molar-refractivity contribution is 9.11. The molecule has 4 rings (SSSR count). The topological polar surface area (TPSA) is 56.3 Å². The molecule has 0 N–H and O–H groups in total. The van der Waals surface area contributed by atoms with E-state index in [1.807, 2.05) is 41.8 Å². The minimum absolute atomic E-state index is 0.226. The van der Waals surface area contributed by atoms with Crippen molar-refractivity contribution in [3.8, 4) is 10.6 Å². The van der Waals surface area contributed by atoms with E-state index >= 15 is 0 Å². The van der Waals surface area contributed by atoms with Crippen LogP contribution < -0.4 is 0 Å². The van der Waals surface area contributed by atoms with Crippen LogP contribution in [-0.2, 0) is 4.74 Å². The van der Waals surface area contributed by atoms with Crippen LogP contribution in [0.5, 0.6) is 0 Å². The maximum atomic E-state index is 12.7. The maximum Gasteiger partial charge on any atom is 0.339 e. The molecular formula is C20H12BrNO3S2. The number of nitrogens with zero attached hydrogens (tertiary/aromatic N) is 1. The largest absolute Gasteiger partial charge is 0.454 e. The van der Waals surface area contributed by atoms with E-state index < -0.39 is 5.97 Å². The van der Waals surface area contributed by atoms with Crippen molar-refractivity contribution in [3.63, 3.8) is 0 Å². The lowest BCUT2D eigenvalue weighted by Crippen LogP contribution is -2.14. The van der Waals surface area contributed by atoms with Gasteiger partial charge in [0.1, 0.15) is 0 Å². The Morgan fingerprint density at radius 2 is 1.93 bits per heavy atom. The number of rotatable bonds is 5. The molecule has 134 valence electrons. The Labute approximate surface area is 171 Å². The third-order valence-corrected chi connectivity index (χ3v) is 6.45. The molecule has 0 aliphatic carbocycles. The van der Waals surface area contributed by atoms with Crippen LogP contribution in [-0.4, -0.2) is 23.3 Å². The van der Waals surface area contributed by atoms with Crippen molar-refractivity contribution in [2.45, 2.75) is 0 Å². The first-order valence-corrected chi connectivity index (χ1v) is 10.5. The zero-order chi connectivity index (χ0) is 18.8. The van der Waals surface area contributed by atoms with Gasteiger partial charge in [0.15, 0.2) is 6.61 Å². The lowest BCUT2D eigenvalue weighted by Gasteiger charge is -2.09. The number of ketones is 1. The van der Waals surface area contributed by atoms with E-state index in [9.17, 15) is 9.59 Å². The fraction of sp³-hybridized carbons (Fsp3) is 0.0500. The van der Waals surface area contributed by atoms with Crippen LogP contribution in [0.3, 0.4) is 0 Å². The number of aromatic nitrogens is 1. The zero-order valence-corrected chi connectivity index (χ0v) is 17.1. The number of hydrogen-bond acceptors (Lipinski definition) is 6. The van der Waals surface area contributed by atoms with Crippen molar-refractivity contribution in [2.24, 2.45) is 0 Å². The Balaban J connectivity index is 1.63. The van der Waals surface area contributed by atoms with Crippen LogP contribution in [0.2, 0.25) is 0 Å². The molecule has 0 radical (unpaired) electrons. The van der Waals surface area contributed by atoms with E-state index in [1.165, 1.54) is 11.3 Å². The molecule has 0 saturated carbocycles. The van der Waals surface area contributed by atoms with E-state index in [-0.39, 0.29) is 12.4 Å². The minimum atomic E-state index is -0.532. The van der Waals surface area contributed by atoms with Crippen molar-refractivity contribution < 1.29 is 14.3 Å². The quantitative estimate of drug-likeness (QED) is 0.279. The molecular weight excluding hydrogens is 446 g/mol. The monoisotopic (exact) mass is 457 g/mol. The second kappa shape index (κ2) is 7.72. The molecule has 0 unspecified atom stereocenters. The number of halogens is 1. The Kier molecular flexibility index (Phi) is 5.15. The van der Waals surface area contributed by atoms with Gasteiger partial charge in [0.25, 0.3) is 0 Å². The van der Waals surface area contributed by atoms with Gasteiger partial charge in [0, 0.05) is 5.39 Å². The predicted molar refractivity (Wildman–Crippen MR) is 112 cm³/mol. The summed E-state index contributed by atoms with van der Waals surface area (Å²) in [5.74, 6) is -0.758. The number of esters is 1. The second-order valence-electron chi connectivity index (χ2n) is 5.65. The fourth-order valence-corrected chi connectivity index (χ4v) is 4.64. The first kappa shape index (κ1) is 18.0. The zero-order valence-electron chi connectivity index (χ0n) is 13.8. The van der Waals surface area contributed by atoms with Crippen LogP contribution in [0.25, 0.3) is 21.5 Å². The van der Waals surface area contributed by atoms with Gasteiger partial charge in [-0.1, -0.05) is 24.3 Å². The lowest BCUT2D eigenvalue weighted by molar-refractivity contribution is 0.0478. The minimum Gasteiger partial charge on any atom is -0.454 e. The molecule has 27 heavy (non-hydrogen) atoms. The van der Waals surface area contributed by atoms with E-state index in [2.05, 4.69) is 20.9 Å². The van der Waals surface area contributed by atoms with Gasteiger partial charge in [-0.25, -0.2) is 9.78 Å². The highest BCUT2D eigenvalue weighted by Crippen LogP contribution is 2.28. The second-order valence-corrected chi connectivity index (χ2v) is 9.06. The van der Waals surface area contributed by atoms with Crippen LogP contribution >= 0.6 is 38.6 Å². The summed E-state index contributed by atoms with van der Waals surface area (Å²) in [6.45, 7) is -0.295. The van der Waals surface area contributed by atoms with Crippen LogP contribution in [0, 0.1) is 0 Å². The van der Waals surface area contributed by atoms with E-state index in [4.69, 9.17) is 4.74 Å². The van der Waals surface area contributed by atoms with E-state index in [1.54, 1.807) is 29.5 Å². The van der Waals surface area contributed by atoms with E-state index in [0.717, 1.165) is 8.66 Å². The standard InChI is InChI=1S/C20H12BrNO3S2/c21-19-8-7-18(27-19)16(23)11-25-20(24)13-10-15(17-6-3-9-26-17)22-14-5-2-1-4-12(13)14/h1-10H,11H2. The van der Waals surface area contributed by atoms with Crippen molar-refractivity contribution in [1.29, 1.82) is 0 Å². The molecule has 0 fully saturated rings. The molecule has 7 heteroatoms. The summed E-state index contributed by atoms with van der Waals surface area (Å²) >= 11 is 6.19. The Morgan fingerprint density at radius 1 is 1.07 bits per heavy atom. The van der Waals surface area contributed by atoms with Crippen molar-refractivity contribution >= 4 is 61.3 Å². The summed E-state index contributed by atoms with van der Waals surface area (Å²) in [5.41, 5.74) is 1.83. The average molecular weight is 458 g/mol. The molecule has 3 heterocycles. The molecule has 3 aromatic heterocycles. The Hall–Kier alpha value is -2.35. The van der Waals surface area contributed by atoms with Gasteiger partial charge < -0.3 is 4.74 Å². The number of hydrogen-bond donors (Lipinski definition) is 0. The van der Waals surface area contributed by atoms with Gasteiger partial charge in [0.05, 0.1) is 30.3 Å². The maximum absolute atomic E-state index is 12.7. The normalized spacial score (nSPS) is 10.9.